The van der Waals surface area contributed by atoms with Crippen molar-refractivity contribution in [2.24, 2.45) is 0 Å². The zero-order chi connectivity index (χ0) is 29.0. The molecule has 0 heterocycles. The molecule has 0 saturated heterocycles. The number of rotatable bonds is 6. The minimum absolute atomic E-state index is 0.393. The third-order valence-electron chi connectivity index (χ3n) is 10.4. The molecule has 0 amide bonds. The Kier molecular flexibility index (Phi) is 7.40. The van der Waals surface area contributed by atoms with Crippen molar-refractivity contribution in [1.82, 2.24) is 0 Å². The summed E-state index contributed by atoms with van der Waals surface area (Å²) in [5, 5.41) is 0. The van der Waals surface area contributed by atoms with E-state index in [1.165, 1.54) is 68.1 Å². The zero-order valence-corrected chi connectivity index (χ0v) is 30.6. The van der Waals surface area contributed by atoms with Gasteiger partial charge in [-0.3, -0.25) is 0 Å². The van der Waals surface area contributed by atoms with Crippen LogP contribution in [0.2, 0.25) is 15.4 Å². The van der Waals surface area contributed by atoms with E-state index in [-0.39, 0.29) is 0 Å². The van der Waals surface area contributed by atoms with E-state index in [1.54, 1.807) is 11.1 Å². The Bertz CT molecular complexity index is 1650. The van der Waals surface area contributed by atoms with E-state index in [0.717, 1.165) is 0 Å². The van der Waals surface area contributed by atoms with Crippen LogP contribution >= 0.6 is 0 Å². The van der Waals surface area contributed by atoms with Crippen LogP contribution in [-0.2, 0) is 17.1 Å². The number of allylic oxidation sites excluding steroid dienone is 2. The fraction of sp³-hybridized carbons (Fsp3) is 0.282. The second-order valence-corrected chi connectivity index (χ2v) is 57.9. The fourth-order valence-electron chi connectivity index (χ4n) is 8.22. The molecule has 2 aliphatic carbocycles. The molecule has 4 aromatic carbocycles. The molecule has 6 rings (SSSR count). The van der Waals surface area contributed by atoms with Gasteiger partial charge >= 0.3 is 251 Å². The van der Waals surface area contributed by atoms with Crippen LogP contribution < -0.4 is 0 Å². The number of hydrogen-bond acceptors (Lipinski definition) is 0. The van der Waals surface area contributed by atoms with E-state index in [0.29, 0.717) is 13.6 Å². The molecule has 0 N–H and O–H groups in total. The van der Waals surface area contributed by atoms with Gasteiger partial charge in [-0.25, -0.2) is 0 Å². The first kappa shape index (κ1) is 28.6. The predicted octanol–water partition coefficient (Wildman–Crippen LogP) is 11.1. The summed E-state index contributed by atoms with van der Waals surface area (Å²) in [6, 6.07) is 29.2. The summed E-state index contributed by atoms with van der Waals surface area (Å²) >= 11 is -3.66. The van der Waals surface area contributed by atoms with E-state index in [2.05, 4.69) is 141 Å². The molecule has 0 bridgehead atoms. The van der Waals surface area contributed by atoms with Gasteiger partial charge in [-0.05, 0) is 0 Å². The number of benzene rings is 4. The molecule has 0 saturated carbocycles. The Labute approximate surface area is 249 Å². The molecule has 0 aliphatic heterocycles. The van der Waals surface area contributed by atoms with Crippen molar-refractivity contribution in [3.63, 3.8) is 0 Å². The summed E-state index contributed by atoms with van der Waals surface area (Å²) in [6.45, 7) is 11.5. The Morgan fingerprint density at radius 3 is 1.37 bits per heavy atom. The average molecular weight is 719 g/mol. The third-order valence-corrected chi connectivity index (χ3v) is 53.1. The third kappa shape index (κ3) is 4.57. The monoisotopic (exact) mass is 720 g/mol. The molecule has 2 aliphatic rings. The first-order valence-corrected chi connectivity index (χ1v) is 34.4. The maximum absolute atomic E-state index is 3.66. The molecule has 2 heteroatoms. The van der Waals surface area contributed by atoms with E-state index in [1.807, 2.05) is 0 Å². The van der Waals surface area contributed by atoms with Gasteiger partial charge < -0.3 is 0 Å². The van der Waals surface area contributed by atoms with Crippen molar-refractivity contribution < 1.29 is 17.1 Å². The standard InChI is InChI=1S/2C17H15.C3H8Si.2CH3.Hf/c2*1-12-6-3-7-13(2)17(12)16-11-5-9-14-8-4-10-15(14)16;1-2-3-4;;;/h2*3-11H,1-2H3;4H,2-3H2,1H3;2*1H3;. The first-order valence-electron chi connectivity index (χ1n) is 15.4. The second kappa shape index (κ2) is 10.6. The molecule has 0 radical (unpaired) electrons. The number of aryl methyl sites for hydroxylation is 4. The molecular weight excluding hydrogens is 675 g/mol. The molecule has 0 fully saturated rings. The molecule has 4 aromatic rings. The molecule has 41 heavy (non-hydrogen) atoms. The van der Waals surface area contributed by atoms with Gasteiger partial charge in [0.1, 0.15) is 0 Å². The van der Waals surface area contributed by atoms with Gasteiger partial charge in [-0.15, -0.1) is 0 Å². The van der Waals surface area contributed by atoms with Gasteiger partial charge in [-0.2, -0.15) is 0 Å². The van der Waals surface area contributed by atoms with Crippen molar-refractivity contribution in [2.75, 3.05) is 0 Å². The fourth-order valence-corrected chi connectivity index (χ4v) is 48.4. The van der Waals surface area contributed by atoms with Crippen LogP contribution in [-0.4, -0.2) is 6.22 Å². The molecule has 208 valence electrons. The van der Waals surface area contributed by atoms with E-state index >= 15 is 0 Å². The van der Waals surface area contributed by atoms with E-state index in [9.17, 15) is 0 Å². The van der Waals surface area contributed by atoms with Crippen LogP contribution in [0.5, 0.6) is 0 Å². The van der Waals surface area contributed by atoms with Crippen LogP contribution in [0, 0.1) is 27.7 Å². The average Bonchev–Trinajstić information content (AvgIpc) is 3.59. The molecule has 2 unspecified atom stereocenters. The Hall–Kier alpha value is -2.55. The van der Waals surface area contributed by atoms with Gasteiger partial charge in [0.05, 0.1) is 0 Å². The Morgan fingerprint density at radius 2 is 0.976 bits per heavy atom. The SMILES string of the molecule is CCC[SiH]=[Hf]([CH3])([CH3])([CH]1C=Cc2c(-c3c(C)cccc3C)cccc21)[CH]1C=Cc2c(-c3c(C)cccc3C)cccc21. The van der Waals surface area contributed by atoms with Crippen molar-refractivity contribution in [3.8, 4) is 22.3 Å². The van der Waals surface area contributed by atoms with Gasteiger partial charge in [0.2, 0.25) is 0 Å². The van der Waals surface area contributed by atoms with Gasteiger partial charge in [0.15, 0.2) is 0 Å². The quantitative estimate of drug-likeness (QED) is 0.174. The van der Waals surface area contributed by atoms with Crippen LogP contribution in [0.4, 0.5) is 0 Å². The predicted molar refractivity (Wildman–Crippen MR) is 180 cm³/mol. The van der Waals surface area contributed by atoms with Crippen LogP contribution in [0.15, 0.2) is 84.9 Å². The molecule has 2 atom stereocenters. The molecule has 0 spiro atoms. The summed E-state index contributed by atoms with van der Waals surface area (Å²) in [7, 11) is 0. The Morgan fingerprint density at radius 1 is 0.585 bits per heavy atom. The summed E-state index contributed by atoms with van der Waals surface area (Å²) in [5.74, 6) is 0. The van der Waals surface area contributed by atoms with Gasteiger partial charge in [0, 0.05) is 0 Å². The van der Waals surface area contributed by atoms with Gasteiger partial charge in [0.25, 0.3) is 0 Å². The van der Waals surface area contributed by atoms with E-state index < -0.39 is 17.1 Å². The maximum atomic E-state index is 2.84. The van der Waals surface area contributed by atoms with Crippen LogP contribution in [0.3, 0.4) is 0 Å². The van der Waals surface area contributed by atoms with Crippen molar-refractivity contribution >= 4 is 18.4 Å². The van der Waals surface area contributed by atoms with Crippen molar-refractivity contribution in [2.45, 2.75) is 63.8 Å². The second-order valence-electron chi connectivity index (χ2n) is 13.5. The minimum atomic E-state index is -3.66. The van der Waals surface area contributed by atoms with Crippen molar-refractivity contribution in [3.05, 3.63) is 129 Å². The van der Waals surface area contributed by atoms with E-state index in [4.69, 9.17) is 0 Å². The molecule has 0 nitrogen and oxygen atoms in total. The topological polar surface area (TPSA) is 0 Å². The summed E-state index contributed by atoms with van der Waals surface area (Å²) in [5.41, 5.74) is 17.3. The molecule has 0 aromatic heterocycles. The summed E-state index contributed by atoms with van der Waals surface area (Å²) in [6.07, 6.45) is 12.0. The number of hydrogen-bond donors (Lipinski definition) is 0. The molecular formula is C39H44HfSi. The Balaban J connectivity index is 1.53. The zero-order valence-electron chi connectivity index (χ0n) is 25.9. The van der Waals surface area contributed by atoms with Gasteiger partial charge in [-0.1, -0.05) is 0 Å². The first-order chi connectivity index (χ1) is 19.6. The van der Waals surface area contributed by atoms with Crippen LogP contribution in [0.25, 0.3) is 34.4 Å². The van der Waals surface area contributed by atoms with Crippen molar-refractivity contribution in [1.29, 1.82) is 0 Å². The summed E-state index contributed by atoms with van der Waals surface area (Å²) < 4.78 is 6.84. The number of fused-ring (bicyclic) bond motifs is 2. The normalized spacial score (nSPS) is 17.6. The summed E-state index contributed by atoms with van der Waals surface area (Å²) in [4.78, 5) is 0. The van der Waals surface area contributed by atoms with Crippen LogP contribution in [0.1, 0.15) is 65.2 Å².